The summed E-state index contributed by atoms with van der Waals surface area (Å²) in [4.78, 5) is 11.5. The second-order valence-corrected chi connectivity index (χ2v) is 8.59. The summed E-state index contributed by atoms with van der Waals surface area (Å²) in [6, 6.07) is 8.53. The second kappa shape index (κ2) is 9.82. The minimum atomic E-state index is -0.163. The molecule has 1 unspecified atom stereocenters. The summed E-state index contributed by atoms with van der Waals surface area (Å²) >= 11 is 0. The van der Waals surface area contributed by atoms with Gasteiger partial charge in [-0.15, -0.1) is 0 Å². The molecule has 8 heteroatoms. The first-order chi connectivity index (χ1) is 14.4. The lowest BCUT2D eigenvalue weighted by atomic mass is 9.97. The zero-order valence-corrected chi connectivity index (χ0v) is 18.7. The minimum absolute atomic E-state index is 0.163. The van der Waals surface area contributed by atoms with Crippen molar-refractivity contribution in [2.75, 3.05) is 31.6 Å². The van der Waals surface area contributed by atoms with E-state index in [1.165, 1.54) is 5.69 Å². The van der Waals surface area contributed by atoms with E-state index in [-0.39, 0.29) is 5.41 Å². The number of nitrogens with one attached hydrogen (secondary N) is 2. The molecule has 1 fully saturated rings. The highest BCUT2D eigenvalue weighted by atomic mass is 16.5. The number of methoxy groups -OCH3 is 1. The zero-order chi connectivity index (χ0) is 21.6. The van der Waals surface area contributed by atoms with Crippen LogP contribution in [0, 0.1) is 0 Å². The summed E-state index contributed by atoms with van der Waals surface area (Å²) in [5.41, 5.74) is 1.02. The number of piperidine rings is 1. The molecule has 2 N–H and O–H groups in total. The maximum absolute atomic E-state index is 5.37. The van der Waals surface area contributed by atoms with Crippen molar-refractivity contribution in [2.45, 2.75) is 58.5 Å². The Morgan fingerprint density at radius 3 is 2.90 bits per heavy atom. The Bertz CT molecular complexity index is 842. The predicted octanol–water partition coefficient (Wildman–Crippen LogP) is 3.10. The van der Waals surface area contributed by atoms with E-state index >= 15 is 0 Å². The third-order valence-corrected chi connectivity index (χ3v) is 5.01. The van der Waals surface area contributed by atoms with E-state index in [1.807, 2.05) is 12.1 Å². The number of benzene rings is 1. The molecule has 2 aromatic rings. The molecule has 0 bridgehead atoms. The summed E-state index contributed by atoms with van der Waals surface area (Å²) in [5, 5.41) is 11.0. The maximum Gasteiger partial charge on any atom is 0.232 e. The molecule has 1 aliphatic rings. The Morgan fingerprint density at radius 2 is 2.20 bits per heavy atom. The molecule has 164 valence electrons. The van der Waals surface area contributed by atoms with Crippen molar-refractivity contribution in [3.8, 4) is 5.75 Å². The third-order valence-electron chi connectivity index (χ3n) is 5.01. The number of anilines is 1. The van der Waals surface area contributed by atoms with Gasteiger partial charge in [-0.2, -0.15) is 4.98 Å². The first kappa shape index (κ1) is 21.9. The van der Waals surface area contributed by atoms with E-state index in [0.29, 0.717) is 24.3 Å². The van der Waals surface area contributed by atoms with Gasteiger partial charge in [0.25, 0.3) is 0 Å². The number of ether oxygens (including phenoxy) is 1. The Hall–Kier alpha value is -2.77. The average Bonchev–Trinajstić information content (AvgIpc) is 3.22. The van der Waals surface area contributed by atoms with Crippen molar-refractivity contribution in [3.63, 3.8) is 0 Å². The van der Waals surface area contributed by atoms with Gasteiger partial charge in [-0.25, -0.2) is 4.99 Å². The Morgan fingerprint density at radius 1 is 1.37 bits per heavy atom. The number of guanidine groups is 1. The van der Waals surface area contributed by atoms with Gasteiger partial charge in [-0.05, 0) is 31.9 Å². The van der Waals surface area contributed by atoms with Crippen molar-refractivity contribution in [2.24, 2.45) is 4.99 Å². The molecule has 8 nitrogen and oxygen atoms in total. The lowest BCUT2D eigenvalue weighted by molar-refractivity contribution is 0.318. The standard InChI is InChI=1S/C22H34N6O2/c1-6-23-21(24-14-19-26-20(30-27-19)22(2,3)4)25-16-9-8-12-28(15-16)17-10-7-11-18(13-17)29-5/h7,10-11,13,16H,6,8-9,12,14-15H2,1-5H3,(H2,23,24,25). The highest BCUT2D eigenvalue weighted by molar-refractivity contribution is 5.80. The van der Waals surface area contributed by atoms with Crippen molar-refractivity contribution >= 4 is 11.6 Å². The summed E-state index contributed by atoms with van der Waals surface area (Å²) in [6.07, 6.45) is 2.22. The van der Waals surface area contributed by atoms with Crippen LogP contribution in [0.4, 0.5) is 5.69 Å². The van der Waals surface area contributed by atoms with E-state index < -0.39 is 0 Å². The molecule has 2 heterocycles. The van der Waals surface area contributed by atoms with Crippen LogP contribution in [0.1, 0.15) is 52.3 Å². The van der Waals surface area contributed by atoms with E-state index in [0.717, 1.165) is 44.2 Å². The summed E-state index contributed by atoms with van der Waals surface area (Å²) < 4.78 is 10.7. The smallest absolute Gasteiger partial charge is 0.232 e. The van der Waals surface area contributed by atoms with Gasteiger partial charge in [0.15, 0.2) is 11.8 Å². The van der Waals surface area contributed by atoms with Crippen molar-refractivity contribution in [1.29, 1.82) is 0 Å². The molecule has 1 saturated heterocycles. The molecule has 1 aliphatic heterocycles. The zero-order valence-electron chi connectivity index (χ0n) is 18.7. The Kier molecular flexibility index (Phi) is 7.18. The average molecular weight is 415 g/mol. The van der Waals surface area contributed by atoms with Crippen molar-refractivity contribution in [1.82, 2.24) is 20.8 Å². The summed E-state index contributed by atoms with van der Waals surface area (Å²) in [6.45, 7) is 11.3. The maximum atomic E-state index is 5.37. The van der Waals surface area contributed by atoms with Gasteiger partial charge >= 0.3 is 0 Å². The quantitative estimate of drug-likeness (QED) is 0.555. The first-order valence-corrected chi connectivity index (χ1v) is 10.7. The highest BCUT2D eigenvalue weighted by Crippen LogP contribution is 2.24. The molecule has 1 aromatic heterocycles. The van der Waals surface area contributed by atoms with Gasteiger partial charge < -0.3 is 24.8 Å². The van der Waals surface area contributed by atoms with Gasteiger partial charge in [0, 0.05) is 42.8 Å². The van der Waals surface area contributed by atoms with Gasteiger partial charge in [-0.3, -0.25) is 0 Å². The fraction of sp³-hybridized carbons (Fsp3) is 0.591. The van der Waals surface area contributed by atoms with Crippen molar-refractivity contribution < 1.29 is 9.26 Å². The van der Waals surface area contributed by atoms with Crippen LogP contribution in [-0.4, -0.2) is 48.9 Å². The number of hydrogen-bond donors (Lipinski definition) is 2. The Labute approximate surface area is 179 Å². The molecule has 0 saturated carbocycles. The van der Waals surface area contributed by atoms with E-state index in [4.69, 9.17) is 9.26 Å². The van der Waals surface area contributed by atoms with Crippen LogP contribution in [-0.2, 0) is 12.0 Å². The van der Waals surface area contributed by atoms with E-state index in [9.17, 15) is 0 Å². The number of aromatic nitrogens is 2. The molecule has 0 radical (unpaired) electrons. The van der Waals surface area contributed by atoms with Gasteiger partial charge in [-0.1, -0.05) is 32.0 Å². The highest BCUT2D eigenvalue weighted by Gasteiger charge is 2.23. The fourth-order valence-electron chi connectivity index (χ4n) is 3.42. The summed E-state index contributed by atoms with van der Waals surface area (Å²) in [5.74, 6) is 2.88. The van der Waals surface area contributed by atoms with Crippen LogP contribution in [0.2, 0.25) is 0 Å². The van der Waals surface area contributed by atoms with Gasteiger partial charge in [0.1, 0.15) is 12.3 Å². The molecule has 0 amide bonds. The molecule has 3 rings (SSSR count). The topological polar surface area (TPSA) is 87.8 Å². The van der Waals surface area contributed by atoms with Crippen LogP contribution in [0.15, 0.2) is 33.8 Å². The summed E-state index contributed by atoms with van der Waals surface area (Å²) in [7, 11) is 1.70. The van der Waals surface area contributed by atoms with Crippen molar-refractivity contribution in [3.05, 3.63) is 36.0 Å². The fourth-order valence-corrected chi connectivity index (χ4v) is 3.42. The molecule has 0 aliphatic carbocycles. The van der Waals surface area contributed by atoms with E-state index in [2.05, 4.69) is 70.5 Å². The monoisotopic (exact) mass is 414 g/mol. The van der Waals surface area contributed by atoms with E-state index in [1.54, 1.807) is 7.11 Å². The third kappa shape index (κ3) is 5.87. The lowest BCUT2D eigenvalue weighted by Gasteiger charge is -2.35. The normalized spacial score (nSPS) is 17.7. The SMILES string of the molecule is CCNC(=NCc1noc(C(C)(C)C)n1)NC1CCCN(c2cccc(OC)c2)C1. The molecule has 1 aromatic carbocycles. The number of rotatable bonds is 6. The lowest BCUT2D eigenvalue weighted by Crippen LogP contribution is -2.51. The molecular weight excluding hydrogens is 380 g/mol. The molecular formula is C22H34N6O2. The predicted molar refractivity (Wildman–Crippen MR) is 119 cm³/mol. The minimum Gasteiger partial charge on any atom is -0.497 e. The van der Waals surface area contributed by atoms with Crippen LogP contribution < -0.4 is 20.3 Å². The second-order valence-electron chi connectivity index (χ2n) is 8.59. The molecule has 0 spiro atoms. The van der Waals surface area contributed by atoms with Crippen LogP contribution in [0.5, 0.6) is 5.75 Å². The number of hydrogen-bond acceptors (Lipinski definition) is 6. The van der Waals surface area contributed by atoms with Gasteiger partial charge in [0.2, 0.25) is 5.89 Å². The van der Waals surface area contributed by atoms with Gasteiger partial charge in [0.05, 0.1) is 7.11 Å². The molecule has 30 heavy (non-hydrogen) atoms. The number of aliphatic imine (C=N–C) groups is 1. The number of nitrogens with zero attached hydrogens (tertiary/aromatic N) is 4. The first-order valence-electron chi connectivity index (χ1n) is 10.7. The Balaban J connectivity index is 1.63. The van der Waals surface area contributed by atoms with Crippen LogP contribution in [0.3, 0.4) is 0 Å². The van der Waals surface area contributed by atoms with Crippen LogP contribution >= 0.6 is 0 Å². The molecule has 1 atom stereocenters. The largest absolute Gasteiger partial charge is 0.497 e. The van der Waals surface area contributed by atoms with Crippen LogP contribution in [0.25, 0.3) is 0 Å².